The number of fused-ring (bicyclic) bond motifs is 1. The van der Waals surface area contributed by atoms with Crippen molar-refractivity contribution in [2.45, 2.75) is 50.1 Å². The highest BCUT2D eigenvalue weighted by molar-refractivity contribution is 7.80. The molecule has 9 heteroatoms. The number of carbonyl (C=O) groups is 1. The summed E-state index contributed by atoms with van der Waals surface area (Å²) < 4.78 is 7.42. The molecular weight excluding hydrogens is 498 g/mol. The highest BCUT2D eigenvalue weighted by atomic mass is 32.1. The van der Waals surface area contributed by atoms with E-state index in [2.05, 4.69) is 39.7 Å². The predicted octanol–water partition coefficient (Wildman–Crippen LogP) is 4.44. The summed E-state index contributed by atoms with van der Waals surface area (Å²) in [7, 11) is 3.19. The Hall–Kier alpha value is -3.35. The molecule has 8 nitrogen and oxygen atoms in total. The molecule has 1 amide bonds. The summed E-state index contributed by atoms with van der Waals surface area (Å²) in [6.45, 7) is 2.85. The number of ether oxygens (including phenoxy) is 1. The molecule has 2 heterocycles. The molecule has 1 aliphatic carbocycles. The van der Waals surface area contributed by atoms with Crippen LogP contribution in [-0.2, 0) is 0 Å². The summed E-state index contributed by atoms with van der Waals surface area (Å²) in [6, 6.07) is 7.61. The molecule has 0 unspecified atom stereocenters. The van der Waals surface area contributed by atoms with Crippen LogP contribution < -0.4 is 20.7 Å². The largest absolute Gasteiger partial charge is 0.495 e. The van der Waals surface area contributed by atoms with Crippen LogP contribution in [0.15, 0.2) is 41.7 Å². The number of nitrogens with zero attached hydrogens (tertiary/aromatic N) is 2. The summed E-state index contributed by atoms with van der Waals surface area (Å²) >= 11 is 4.75. The van der Waals surface area contributed by atoms with Crippen LogP contribution >= 0.6 is 12.6 Å². The van der Waals surface area contributed by atoms with E-state index in [0.717, 1.165) is 54.0 Å². The van der Waals surface area contributed by atoms with Crippen LogP contribution in [0.4, 0.5) is 11.5 Å². The summed E-state index contributed by atoms with van der Waals surface area (Å²) in [5, 5.41) is 19.6. The number of anilines is 2. The normalized spacial score (nSPS) is 17.2. The van der Waals surface area contributed by atoms with Gasteiger partial charge in [0, 0.05) is 37.7 Å². The second-order valence-electron chi connectivity index (χ2n) is 9.71. The molecule has 2 aromatic heterocycles. The van der Waals surface area contributed by atoms with E-state index in [9.17, 15) is 9.90 Å². The minimum absolute atomic E-state index is 0.163. The van der Waals surface area contributed by atoms with Crippen LogP contribution in [0.3, 0.4) is 0 Å². The first kappa shape index (κ1) is 27.7. The van der Waals surface area contributed by atoms with Gasteiger partial charge in [-0.15, -0.1) is 12.6 Å². The standard InChI is InChI=1S/C29H37N5O3S/c1-4-6-23(22-15-19(16-22)10-14-35)33-27-25-18-21(29(38)34(25)13-12-32-27)7-5-11-31-24-17-20(28(36)30-2)8-9-26(24)37-3/h8-9,12-13,17-19,22-23,31,35,38H,4,6,10-11,14-16H2,1-3H3,(H,30,36)(H,32,33)/t19?,22?,23-/m1/s1. The maximum Gasteiger partial charge on any atom is 0.251 e. The molecule has 4 N–H and O–H groups in total. The Kier molecular flexibility index (Phi) is 9.43. The number of thiol groups is 1. The number of benzene rings is 1. The zero-order chi connectivity index (χ0) is 27.1. The number of carbonyl (C=O) groups excluding carboxylic acids is 1. The Bertz CT molecular complexity index is 1320. The van der Waals surface area contributed by atoms with E-state index in [1.54, 1.807) is 38.6 Å². The zero-order valence-corrected chi connectivity index (χ0v) is 23.1. The van der Waals surface area contributed by atoms with Crippen molar-refractivity contribution in [2.24, 2.45) is 11.8 Å². The molecule has 1 aromatic carbocycles. The van der Waals surface area contributed by atoms with E-state index >= 15 is 0 Å². The van der Waals surface area contributed by atoms with Crippen molar-refractivity contribution in [2.75, 3.05) is 37.9 Å². The third-order valence-electron chi connectivity index (χ3n) is 7.25. The van der Waals surface area contributed by atoms with Crippen molar-refractivity contribution >= 4 is 35.6 Å². The molecular formula is C29H37N5O3S. The Morgan fingerprint density at radius 1 is 1.34 bits per heavy atom. The maximum absolute atomic E-state index is 12.0. The number of aliphatic hydroxyl groups is 1. The number of aromatic nitrogens is 2. The molecule has 0 spiro atoms. The van der Waals surface area contributed by atoms with Crippen LogP contribution in [0.5, 0.6) is 5.75 Å². The lowest BCUT2D eigenvalue weighted by atomic mass is 9.69. The number of nitrogens with one attached hydrogen (secondary N) is 3. The van der Waals surface area contributed by atoms with E-state index in [-0.39, 0.29) is 12.5 Å². The first-order chi connectivity index (χ1) is 18.5. The van der Waals surface area contributed by atoms with Gasteiger partial charge in [-0.2, -0.15) is 0 Å². The number of amides is 1. The van der Waals surface area contributed by atoms with Gasteiger partial charge in [-0.1, -0.05) is 25.2 Å². The van der Waals surface area contributed by atoms with Crippen LogP contribution in [0, 0.1) is 23.7 Å². The minimum Gasteiger partial charge on any atom is -0.495 e. The topological polar surface area (TPSA) is 99.9 Å². The van der Waals surface area contributed by atoms with Crippen LogP contribution in [0.25, 0.3) is 5.52 Å². The first-order valence-electron chi connectivity index (χ1n) is 13.2. The smallest absolute Gasteiger partial charge is 0.251 e. The number of rotatable bonds is 11. The fourth-order valence-electron chi connectivity index (χ4n) is 5.15. The summed E-state index contributed by atoms with van der Waals surface area (Å²) in [6.07, 6.45) is 9.07. The maximum atomic E-state index is 12.0. The number of methoxy groups -OCH3 is 1. The lowest BCUT2D eigenvalue weighted by Gasteiger charge is -2.41. The summed E-state index contributed by atoms with van der Waals surface area (Å²) in [5.74, 6) is 8.93. The highest BCUT2D eigenvalue weighted by Gasteiger charge is 2.34. The molecule has 202 valence electrons. The Labute approximate surface area is 230 Å². The van der Waals surface area contributed by atoms with Gasteiger partial charge in [0.1, 0.15) is 5.75 Å². The molecule has 1 fully saturated rings. The molecule has 38 heavy (non-hydrogen) atoms. The van der Waals surface area contributed by atoms with Crippen LogP contribution in [0.1, 0.15) is 54.9 Å². The highest BCUT2D eigenvalue weighted by Crippen LogP contribution is 2.40. The Morgan fingerprint density at radius 3 is 2.87 bits per heavy atom. The third kappa shape index (κ3) is 6.20. The van der Waals surface area contributed by atoms with Crippen molar-refractivity contribution in [3.63, 3.8) is 0 Å². The van der Waals surface area contributed by atoms with Gasteiger partial charge in [0.25, 0.3) is 5.91 Å². The van der Waals surface area contributed by atoms with Crippen molar-refractivity contribution in [1.29, 1.82) is 0 Å². The van der Waals surface area contributed by atoms with Gasteiger partial charge in [0.15, 0.2) is 5.82 Å². The van der Waals surface area contributed by atoms with Crippen LogP contribution in [0.2, 0.25) is 0 Å². The lowest BCUT2D eigenvalue weighted by Crippen LogP contribution is -2.39. The summed E-state index contributed by atoms with van der Waals surface area (Å²) in [4.78, 5) is 16.6. The average molecular weight is 536 g/mol. The average Bonchev–Trinajstić information content (AvgIpc) is 3.23. The van der Waals surface area contributed by atoms with Crippen molar-refractivity contribution in [1.82, 2.24) is 14.7 Å². The van der Waals surface area contributed by atoms with E-state index in [1.165, 1.54) is 0 Å². The molecule has 1 saturated carbocycles. The molecule has 0 radical (unpaired) electrons. The molecule has 0 aliphatic heterocycles. The SMILES string of the molecule is CCC[C@@H](Nc1nccn2c(S)c(C#CCNc3cc(C(=O)NC)ccc3OC)cc12)C1CC(CCO)C1. The zero-order valence-electron chi connectivity index (χ0n) is 22.3. The van der Waals surface area contributed by atoms with E-state index < -0.39 is 0 Å². The van der Waals surface area contributed by atoms with E-state index in [0.29, 0.717) is 41.4 Å². The fourth-order valence-corrected chi connectivity index (χ4v) is 5.44. The van der Waals surface area contributed by atoms with Gasteiger partial charge in [0.05, 0.1) is 35.4 Å². The van der Waals surface area contributed by atoms with Crippen molar-refractivity contribution < 1.29 is 14.6 Å². The molecule has 0 bridgehead atoms. The minimum atomic E-state index is -0.163. The number of aliphatic hydroxyl groups excluding tert-OH is 1. The molecule has 1 aliphatic rings. The molecule has 3 aromatic rings. The molecule has 0 saturated heterocycles. The third-order valence-corrected chi connectivity index (χ3v) is 7.71. The molecule has 4 rings (SSSR count). The quantitative estimate of drug-likeness (QED) is 0.184. The molecule has 1 atom stereocenters. The van der Waals surface area contributed by atoms with Gasteiger partial charge in [-0.25, -0.2) is 4.98 Å². The van der Waals surface area contributed by atoms with E-state index in [4.69, 9.17) is 17.4 Å². The van der Waals surface area contributed by atoms with Gasteiger partial charge in [-0.05, 0) is 61.8 Å². The monoisotopic (exact) mass is 535 g/mol. The van der Waals surface area contributed by atoms with Gasteiger partial charge < -0.3 is 30.2 Å². The fraction of sp³-hybridized carbons (Fsp3) is 0.448. The number of hydrogen-bond acceptors (Lipinski definition) is 7. The van der Waals surface area contributed by atoms with Gasteiger partial charge in [-0.3, -0.25) is 4.79 Å². The first-order valence-corrected chi connectivity index (χ1v) is 13.6. The van der Waals surface area contributed by atoms with E-state index in [1.807, 2.05) is 16.7 Å². The number of hydrogen-bond donors (Lipinski definition) is 5. The second-order valence-corrected chi connectivity index (χ2v) is 10.1. The Morgan fingerprint density at radius 2 is 2.16 bits per heavy atom. The Balaban J connectivity index is 1.48. The lowest BCUT2D eigenvalue weighted by molar-refractivity contribution is 0.0963. The predicted molar refractivity (Wildman–Crippen MR) is 154 cm³/mol. The van der Waals surface area contributed by atoms with Crippen LogP contribution in [-0.4, -0.2) is 53.7 Å². The van der Waals surface area contributed by atoms with Gasteiger partial charge >= 0.3 is 0 Å². The van der Waals surface area contributed by atoms with Crippen molar-refractivity contribution in [3.8, 4) is 17.6 Å². The van der Waals surface area contributed by atoms with Crippen molar-refractivity contribution in [3.05, 3.63) is 47.8 Å². The van der Waals surface area contributed by atoms with Gasteiger partial charge in [0.2, 0.25) is 0 Å². The summed E-state index contributed by atoms with van der Waals surface area (Å²) in [5.41, 5.74) is 3.00. The second kappa shape index (κ2) is 12.9.